The van der Waals surface area contributed by atoms with Crippen molar-refractivity contribution in [3.63, 3.8) is 0 Å². The van der Waals surface area contributed by atoms with E-state index in [1.807, 2.05) is 28.9 Å². The van der Waals surface area contributed by atoms with Gasteiger partial charge in [-0.2, -0.15) is 0 Å². The highest BCUT2D eigenvalue weighted by Crippen LogP contribution is 2.36. The summed E-state index contributed by atoms with van der Waals surface area (Å²) in [6.07, 6.45) is 8.15. The molecule has 0 radical (unpaired) electrons. The van der Waals surface area contributed by atoms with Crippen LogP contribution < -0.4 is 5.73 Å². The Balaban J connectivity index is 1.25. The normalized spacial score (nSPS) is 19.0. The third-order valence-electron chi connectivity index (χ3n) is 6.13. The molecule has 6 rings (SSSR count). The van der Waals surface area contributed by atoms with Crippen LogP contribution in [-0.4, -0.2) is 67.3 Å². The van der Waals surface area contributed by atoms with Crippen LogP contribution in [0.1, 0.15) is 23.9 Å². The van der Waals surface area contributed by atoms with Crippen LogP contribution in [0.15, 0.2) is 52.8 Å². The van der Waals surface area contributed by atoms with Crippen molar-refractivity contribution in [2.24, 2.45) is 5.73 Å². The molecule has 10 heteroatoms. The lowest BCUT2D eigenvalue weighted by Crippen LogP contribution is -2.50. The summed E-state index contributed by atoms with van der Waals surface area (Å²) in [5.41, 5.74) is 6.75. The number of amides is 1. The van der Waals surface area contributed by atoms with E-state index >= 15 is 0 Å². The standard InChI is InChI=1S/C22H23N7OS2/c23-20(30)19(28-10-8-27(9-11-28)14-2-3-14)21-26-16-5-4-15(12-17(16)32-21)31-18-13-25-22-24-6-1-7-29(18)22/h1,4-7,12-14,19H,2-3,8-11H2,(H2,23,30). The summed E-state index contributed by atoms with van der Waals surface area (Å²) < 4.78 is 3.02. The van der Waals surface area contributed by atoms with Gasteiger partial charge in [0.2, 0.25) is 11.7 Å². The van der Waals surface area contributed by atoms with E-state index in [1.165, 1.54) is 12.8 Å². The van der Waals surface area contributed by atoms with Gasteiger partial charge in [-0.1, -0.05) is 11.8 Å². The number of benzene rings is 1. The zero-order valence-corrected chi connectivity index (χ0v) is 19.1. The van der Waals surface area contributed by atoms with E-state index in [2.05, 4.69) is 31.9 Å². The van der Waals surface area contributed by atoms with Crippen molar-refractivity contribution in [2.45, 2.75) is 34.8 Å². The topological polar surface area (TPSA) is 92.6 Å². The second kappa shape index (κ2) is 8.11. The molecule has 164 valence electrons. The first-order valence-corrected chi connectivity index (χ1v) is 12.4. The second-order valence-corrected chi connectivity index (χ2v) is 10.4. The number of primary amides is 1. The number of imidazole rings is 1. The Morgan fingerprint density at radius 1 is 1.19 bits per heavy atom. The lowest BCUT2D eigenvalue weighted by Gasteiger charge is -2.37. The molecule has 1 amide bonds. The summed E-state index contributed by atoms with van der Waals surface area (Å²) in [6, 6.07) is 8.38. The van der Waals surface area contributed by atoms with E-state index < -0.39 is 6.04 Å². The molecule has 0 bridgehead atoms. The molecule has 4 heterocycles. The summed E-state index contributed by atoms with van der Waals surface area (Å²) in [5, 5.41) is 1.79. The maximum Gasteiger partial charge on any atom is 0.241 e. The summed E-state index contributed by atoms with van der Waals surface area (Å²) in [5.74, 6) is 0.360. The van der Waals surface area contributed by atoms with Gasteiger partial charge in [0.15, 0.2) is 0 Å². The molecule has 32 heavy (non-hydrogen) atoms. The number of fused-ring (bicyclic) bond motifs is 2. The van der Waals surface area contributed by atoms with Crippen LogP contribution in [0.4, 0.5) is 0 Å². The van der Waals surface area contributed by atoms with E-state index in [0.29, 0.717) is 5.78 Å². The third kappa shape index (κ3) is 3.77. The van der Waals surface area contributed by atoms with Crippen LogP contribution in [0.3, 0.4) is 0 Å². The average Bonchev–Trinajstić information content (AvgIpc) is 3.45. The van der Waals surface area contributed by atoms with Crippen molar-refractivity contribution in [1.29, 1.82) is 0 Å². The minimum atomic E-state index is -0.463. The van der Waals surface area contributed by atoms with Crippen LogP contribution >= 0.6 is 23.1 Å². The fraction of sp³-hybridized carbons (Fsp3) is 0.364. The Morgan fingerprint density at radius 3 is 2.81 bits per heavy atom. The lowest BCUT2D eigenvalue weighted by molar-refractivity contribution is -0.124. The molecule has 2 aliphatic rings. The number of hydrogen-bond donors (Lipinski definition) is 1. The predicted octanol–water partition coefficient (Wildman–Crippen LogP) is 2.80. The number of nitrogens with two attached hydrogens (primary N) is 1. The van der Waals surface area contributed by atoms with Crippen LogP contribution in [0.5, 0.6) is 0 Å². The molecule has 1 saturated carbocycles. The van der Waals surface area contributed by atoms with Gasteiger partial charge in [-0.3, -0.25) is 19.0 Å². The summed E-state index contributed by atoms with van der Waals surface area (Å²) in [7, 11) is 0. The van der Waals surface area contributed by atoms with Gasteiger partial charge < -0.3 is 5.73 Å². The molecule has 4 aromatic rings. The van der Waals surface area contributed by atoms with Crippen LogP contribution in [0.2, 0.25) is 0 Å². The van der Waals surface area contributed by atoms with Crippen molar-refractivity contribution in [3.05, 3.63) is 47.9 Å². The molecule has 2 N–H and O–H groups in total. The Labute approximate surface area is 193 Å². The highest BCUT2D eigenvalue weighted by atomic mass is 32.2. The van der Waals surface area contributed by atoms with E-state index in [0.717, 1.165) is 57.4 Å². The lowest BCUT2D eigenvalue weighted by atomic mass is 10.2. The zero-order valence-electron chi connectivity index (χ0n) is 17.4. The number of carbonyl (C=O) groups is 1. The number of piperazine rings is 1. The van der Waals surface area contributed by atoms with Crippen molar-refractivity contribution in [2.75, 3.05) is 26.2 Å². The largest absolute Gasteiger partial charge is 0.368 e. The average molecular weight is 466 g/mol. The Kier molecular flexibility index (Phi) is 5.09. The van der Waals surface area contributed by atoms with E-state index in [9.17, 15) is 4.79 Å². The molecule has 1 aromatic carbocycles. The first kappa shape index (κ1) is 20.1. The maximum atomic E-state index is 12.4. The highest BCUT2D eigenvalue weighted by molar-refractivity contribution is 7.99. The fourth-order valence-electron chi connectivity index (χ4n) is 4.36. The first-order valence-electron chi connectivity index (χ1n) is 10.8. The fourth-order valence-corrected chi connectivity index (χ4v) is 6.49. The quantitative estimate of drug-likeness (QED) is 0.468. The molecule has 2 fully saturated rings. The summed E-state index contributed by atoms with van der Waals surface area (Å²) in [6.45, 7) is 3.69. The van der Waals surface area contributed by atoms with Crippen LogP contribution in [-0.2, 0) is 4.79 Å². The molecule has 8 nitrogen and oxygen atoms in total. The summed E-state index contributed by atoms with van der Waals surface area (Å²) in [4.78, 5) is 31.7. The van der Waals surface area contributed by atoms with Gasteiger partial charge in [-0.15, -0.1) is 11.3 Å². The molecule has 0 spiro atoms. The number of rotatable bonds is 6. The highest BCUT2D eigenvalue weighted by Gasteiger charge is 2.35. The molecule has 1 saturated heterocycles. The second-order valence-electron chi connectivity index (χ2n) is 8.28. The minimum absolute atomic E-state index is 0.322. The van der Waals surface area contributed by atoms with Crippen molar-refractivity contribution in [1.82, 2.24) is 29.2 Å². The maximum absolute atomic E-state index is 12.4. The summed E-state index contributed by atoms with van der Waals surface area (Å²) >= 11 is 3.19. The molecule has 1 aliphatic carbocycles. The van der Waals surface area contributed by atoms with Crippen molar-refractivity contribution >= 4 is 45.0 Å². The van der Waals surface area contributed by atoms with E-state index in [-0.39, 0.29) is 5.91 Å². The van der Waals surface area contributed by atoms with E-state index in [1.54, 1.807) is 29.3 Å². The van der Waals surface area contributed by atoms with Gasteiger partial charge in [-0.05, 0) is 37.1 Å². The van der Waals surface area contributed by atoms with Gasteiger partial charge in [0.25, 0.3) is 0 Å². The number of thiazole rings is 1. The predicted molar refractivity (Wildman–Crippen MR) is 125 cm³/mol. The molecule has 1 atom stereocenters. The van der Waals surface area contributed by atoms with Crippen molar-refractivity contribution < 1.29 is 4.79 Å². The van der Waals surface area contributed by atoms with Crippen molar-refractivity contribution in [3.8, 4) is 0 Å². The van der Waals surface area contributed by atoms with Crippen LogP contribution in [0, 0.1) is 0 Å². The smallest absolute Gasteiger partial charge is 0.241 e. The molecular weight excluding hydrogens is 442 g/mol. The molecule has 1 aliphatic heterocycles. The number of carbonyl (C=O) groups excluding carboxylic acids is 1. The number of aromatic nitrogens is 4. The first-order chi connectivity index (χ1) is 15.7. The van der Waals surface area contributed by atoms with Gasteiger partial charge in [0.1, 0.15) is 16.1 Å². The monoisotopic (exact) mass is 465 g/mol. The Morgan fingerprint density at radius 2 is 2.03 bits per heavy atom. The SMILES string of the molecule is NC(=O)C(c1nc2ccc(Sc3cnc4ncccn34)cc2s1)N1CCN(C2CC2)CC1. The minimum Gasteiger partial charge on any atom is -0.368 e. The molecular formula is C22H23N7OS2. The Hall–Kier alpha value is -2.53. The van der Waals surface area contributed by atoms with Crippen LogP contribution in [0.25, 0.3) is 16.0 Å². The zero-order chi connectivity index (χ0) is 21.7. The number of nitrogens with zero attached hydrogens (tertiary/aromatic N) is 6. The Bertz CT molecular complexity index is 1290. The molecule has 1 unspecified atom stereocenters. The van der Waals surface area contributed by atoms with E-state index in [4.69, 9.17) is 10.7 Å². The number of hydrogen-bond acceptors (Lipinski definition) is 8. The van der Waals surface area contributed by atoms with Gasteiger partial charge in [-0.25, -0.2) is 15.0 Å². The van der Waals surface area contributed by atoms with Gasteiger partial charge in [0.05, 0.1) is 16.4 Å². The molecule has 3 aromatic heterocycles. The van der Waals surface area contributed by atoms with Gasteiger partial charge in [0, 0.05) is 49.5 Å². The van der Waals surface area contributed by atoms with Gasteiger partial charge >= 0.3 is 0 Å². The third-order valence-corrected chi connectivity index (χ3v) is 8.21.